The highest BCUT2D eigenvalue weighted by Gasteiger charge is 2.67. The first-order chi connectivity index (χ1) is 17.4. The maximum atomic E-state index is 13.3. The van der Waals surface area contributed by atoms with Crippen molar-refractivity contribution in [2.45, 2.75) is 19.8 Å². The highest BCUT2D eigenvalue weighted by molar-refractivity contribution is 6.22. The molecule has 36 heavy (non-hydrogen) atoms. The zero-order valence-corrected chi connectivity index (χ0v) is 19.9. The van der Waals surface area contributed by atoms with Crippen LogP contribution in [0.2, 0.25) is 0 Å². The molecule has 2 aromatic carbocycles. The molecule has 4 aliphatic carbocycles. The van der Waals surface area contributed by atoms with Crippen molar-refractivity contribution < 1.29 is 23.9 Å². The van der Waals surface area contributed by atoms with Gasteiger partial charge in [0.1, 0.15) is 5.75 Å². The standard InChI is InChI=1S/C29H26N2O5/c1-15-3-2-4-18(11-15)30-14-16(12-24(30)32)29(35)36-19-7-5-17(6-8-19)31-27(33)25-20-9-10-21(23-13-22(20)23)26(25)28(31)34/h2-11,16,20-23,25-26H,12-14H2,1H3/t16-,20+,21+,22+,23+,25-,26-/m1/s1. The molecule has 3 amide bonds. The molecule has 2 bridgehead atoms. The second kappa shape index (κ2) is 7.63. The van der Waals surface area contributed by atoms with Crippen LogP contribution in [0.25, 0.3) is 0 Å². The number of ether oxygens (including phenoxy) is 1. The molecule has 4 fully saturated rings. The number of nitrogens with zero attached hydrogens (tertiary/aromatic N) is 2. The van der Waals surface area contributed by atoms with Gasteiger partial charge in [-0.15, -0.1) is 0 Å². The minimum Gasteiger partial charge on any atom is -0.426 e. The molecule has 0 aromatic heterocycles. The van der Waals surface area contributed by atoms with Gasteiger partial charge >= 0.3 is 5.97 Å². The molecule has 7 heteroatoms. The summed E-state index contributed by atoms with van der Waals surface area (Å²) in [7, 11) is 0. The lowest BCUT2D eigenvalue weighted by Gasteiger charge is -2.37. The van der Waals surface area contributed by atoms with E-state index < -0.39 is 11.9 Å². The molecule has 0 unspecified atom stereocenters. The van der Waals surface area contributed by atoms with E-state index in [0.717, 1.165) is 17.7 Å². The number of hydrogen-bond donors (Lipinski definition) is 0. The van der Waals surface area contributed by atoms with Crippen molar-refractivity contribution in [2.75, 3.05) is 16.3 Å². The van der Waals surface area contributed by atoms with Crippen molar-refractivity contribution in [2.24, 2.45) is 41.4 Å². The average molecular weight is 483 g/mol. The molecule has 0 spiro atoms. The zero-order valence-electron chi connectivity index (χ0n) is 19.9. The largest absolute Gasteiger partial charge is 0.426 e. The first kappa shape index (κ1) is 21.5. The van der Waals surface area contributed by atoms with Gasteiger partial charge in [-0.1, -0.05) is 24.3 Å². The third-order valence-corrected chi connectivity index (χ3v) is 8.75. The fourth-order valence-corrected chi connectivity index (χ4v) is 6.99. The third kappa shape index (κ3) is 3.11. The van der Waals surface area contributed by atoms with Gasteiger partial charge in [0, 0.05) is 18.7 Å². The molecule has 7 nitrogen and oxygen atoms in total. The topological polar surface area (TPSA) is 84.0 Å². The summed E-state index contributed by atoms with van der Waals surface area (Å²) in [6, 6.07) is 14.2. The highest BCUT2D eigenvalue weighted by Crippen LogP contribution is 2.65. The zero-order chi connectivity index (χ0) is 24.7. The Bertz CT molecular complexity index is 1310. The van der Waals surface area contributed by atoms with Gasteiger partial charge in [0.05, 0.1) is 23.4 Å². The number of esters is 1. The van der Waals surface area contributed by atoms with Crippen molar-refractivity contribution in [1.82, 2.24) is 0 Å². The number of benzene rings is 2. The van der Waals surface area contributed by atoms with Crippen LogP contribution in [0.5, 0.6) is 5.75 Å². The Hall–Kier alpha value is -3.74. The van der Waals surface area contributed by atoms with Crippen LogP contribution < -0.4 is 14.5 Å². The second-order valence-corrected chi connectivity index (χ2v) is 10.8. The number of rotatable bonds is 4. The molecule has 182 valence electrons. The third-order valence-electron chi connectivity index (χ3n) is 8.75. The van der Waals surface area contributed by atoms with Crippen LogP contribution in [-0.4, -0.2) is 30.2 Å². The summed E-state index contributed by atoms with van der Waals surface area (Å²) < 4.78 is 5.57. The van der Waals surface area contributed by atoms with Gasteiger partial charge < -0.3 is 9.64 Å². The lowest BCUT2D eigenvalue weighted by Crippen LogP contribution is -2.40. The second-order valence-electron chi connectivity index (χ2n) is 10.8. The lowest BCUT2D eigenvalue weighted by atomic mass is 9.63. The molecule has 2 aliphatic heterocycles. The molecule has 7 atom stereocenters. The Morgan fingerprint density at radius 2 is 1.56 bits per heavy atom. The summed E-state index contributed by atoms with van der Waals surface area (Å²) in [5.41, 5.74) is 2.33. The van der Waals surface area contributed by atoms with Crippen molar-refractivity contribution in [3.8, 4) is 5.75 Å². The number of imide groups is 1. The Balaban J connectivity index is 1.04. The molecule has 6 aliphatic rings. The number of anilines is 2. The minimum absolute atomic E-state index is 0.1000. The van der Waals surface area contributed by atoms with Gasteiger partial charge in [0.2, 0.25) is 17.7 Å². The first-order valence-corrected chi connectivity index (χ1v) is 12.7. The Labute approximate surface area is 208 Å². The summed E-state index contributed by atoms with van der Waals surface area (Å²) in [5.74, 6) is -0.0376. The van der Waals surface area contributed by atoms with E-state index in [4.69, 9.17) is 4.74 Å². The quantitative estimate of drug-likeness (QED) is 0.288. The van der Waals surface area contributed by atoms with Gasteiger partial charge in [0.25, 0.3) is 0 Å². The number of allylic oxidation sites excluding steroid dienone is 2. The monoisotopic (exact) mass is 482 g/mol. The van der Waals surface area contributed by atoms with E-state index in [1.54, 1.807) is 29.2 Å². The van der Waals surface area contributed by atoms with E-state index in [-0.39, 0.29) is 54.4 Å². The van der Waals surface area contributed by atoms with Crippen molar-refractivity contribution >= 4 is 35.1 Å². The molecule has 2 heterocycles. The average Bonchev–Trinajstić information content (AvgIpc) is 3.55. The summed E-state index contributed by atoms with van der Waals surface area (Å²) in [5, 5.41) is 0. The van der Waals surface area contributed by atoms with Crippen LogP contribution in [0.1, 0.15) is 18.4 Å². The number of hydrogen-bond acceptors (Lipinski definition) is 5. The van der Waals surface area contributed by atoms with Crippen LogP contribution in [0.15, 0.2) is 60.7 Å². The van der Waals surface area contributed by atoms with Crippen molar-refractivity contribution in [1.29, 1.82) is 0 Å². The number of carbonyl (C=O) groups is 4. The number of aryl methyl sites for hydroxylation is 1. The maximum absolute atomic E-state index is 13.3. The molecular formula is C29H26N2O5. The molecule has 8 rings (SSSR count). The molecule has 2 saturated heterocycles. The molecule has 2 saturated carbocycles. The Morgan fingerprint density at radius 1 is 0.889 bits per heavy atom. The van der Waals surface area contributed by atoms with Gasteiger partial charge in [-0.05, 0) is 79.0 Å². The Morgan fingerprint density at radius 3 is 2.19 bits per heavy atom. The van der Waals surface area contributed by atoms with E-state index >= 15 is 0 Å². The van der Waals surface area contributed by atoms with Gasteiger partial charge in [-0.2, -0.15) is 0 Å². The van der Waals surface area contributed by atoms with Crippen LogP contribution in [0.3, 0.4) is 0 Å². The van der Waals surface area contributed by atoms with E-state index in [1.807, 2.05) is 31.2 Å². The van der Waals surface area contributed by atoms with E-state index in [9.17, 15) is 19.2 Å². The van der Waals surface area contributed by atoms with Crippen molar-refractivity contribution in [3.63, 3.8) is 0 Å². The molecular weight excluding hydrogens is 456 g/mol. The van der Waals surface area contributed by atoms with Crippen LogP contribution in [-0.2, 0) is 19.2 Å². The van der Waals surface area contributed by atoms with Gasteiger partial charge in [-0.25, -0.2) is 0 Å². The van der Waals surface area contributed by atoms with E-state index in [2.05, 4.69) is 12.2 Å². The predicted octanol–water partition coefficient (Wildman–Crippen LogP) is 3.51. The summed E-state index contributed by atoms with van der Waals surface area (Å²) in [4.78, 5) is 54.9. The lowest BCUT2D eigenvalue weighted by molar-refractivity contribution is -0.139. The maximum Gasteiger partial charge on any atom is 0.316 e. The fraction of sp³-hybridized carbons (Fsp3) is 0.379. The molecule has 0 N–H and O–H groups in total. The minimum atomic E-state index is -0.558. The summed E-state index contributed by atoms with van der Waals surface area (Å²) >= 11 is 0. The van der Waals surface area contributed by atoms with E-state index in [0.29, 0.717) is 23.3 Å². The number of amides is 3. The van der Waals surface area contributed by atoms with Gasteiger partial charge in [-0.3, -0.25) is 24.1 Å². The van der Waals surface area contributed by atoms with Gasteiger partial charge in [0.15, 0.2) is 0 Å². The van der Waals surface area contributed by atoms with Crippen LogP contribution in [0.4, 0.5) is 11.4 Å². The fourth-order valence-electron chi connectivity index (χ4n) is 6.99. The smallest absolute Gasteiger partial charge is 0.316 e. The van der Waals surface area contributed by atoms with Crippen LogP contribution >= 0.6 is 0 Å². The molecule has 2 aromatic rings. The predicted molar refractivity (Wildman–Crippen MR) is 131 cm³/mol. The summed E-state index contributed by atoms with van der Waals surface area (Å²) in [6.07, 6.45) is 5.55. The molecule has 0 radical (unpaired) electrons. The Kier molecular flexibility index (Phi) is 4.56. The van der Waals surface area contributed by atoms with Crippen LogP contribution in [0, 0.1) is 48.3 Å². The van der Waals surface area contributed by atoms with Crippen molar-refractivity contribution in [3.05, 3.63) is 66.2 Å². The first-order valence-electron chi connectivity index (χ1n) is 12.7. The number of carbonyl (C=O) groups excluding carboxylic acids is 4. The highest BCUT2D eigenvalue weighted by atomic mass is 16.5. The normalized spacial score (nSPS) is 33.7. The van der Waals surface area contributed by atoms with E-state index in [1.165, 1.54) is 4.90 Å². The SMILES string of the molecule is Cc1cccc(N2C[C@H](C(=O)Oc3ccc(N4C(=O)[C@@H]5[C@H]6C=C[C@@H]([C@@H]7C[C@@H]67)[C@H]5C4=O)cc3)CC2=O)c1. The summed E-state index contributed by atoms with van der Waals surface area (Å²) in [6.45, 7) is 2.23.